The highest BCUT2D eigenvalue weighted by atomic mass is 16.5. The number of anilines is 2. The van der Waals surface area contributed by atoms with Crippen LogP contribution in [0.3, 0.4) is 0 Å². The minimum absolute atomic E-state index is 0.00138. The molecule has 0 aromatic heterocycles. The van der Waals surface area contributed by atoms with Crippen molar-refractivity contribution >= 4 is 23.2 Å². The molecule has 0 radical (unpaired) electrons. The molecular weight excluding hydrogens is 352 g/mol. The van der Waals surface area contributed by atoms with Crippen molar-refractivity contribution in [3.8, 4) is 5.75 Å². The van der Waals surface area contributed by atoms with Crippen LogP contribution in [-0.2, 0) is 16.0 Å². The van der Waals surface area contributed by atoms with E-state index in [0.29, 0.717) is 24.3 Å². The molecule has 28 heavy (non-hydrogen) atoms. The summed E-state index contributed by atoms with van der Waals surface area (Å²) in [5.41, 5.74) is 2.77. The Morgan fingerprint density at radius 2 is 1.46 bits per heavy atom. The van der Waals surface area contributed by atoms with Gasteiger partial charge in [-0.3, -0.25) is 9.59 Å². The molecule has 3 rings (SSSR count). The summed E-state index contributed by atoms with van der Waals surface area (Å²) in [6.45, 7) is 2.11. The van der Waals surface area contributed by atoms with Gasteiger partial charge >= 0.3 is 0 Å². The Hall–Kier alpha value is -2.82. The molecule has 0 unspecified atom stereocenters. The Morgan fingerprint density at radius 1 is 0.893 bits per heavy atom. The molecule has 0 saturated heterocycles. The molecule has 0 aliphatic heterocycles. The third-order valence-corrected chi connectivity index (χ3v) is 5.46. The summed E-state index contributed by atoms with van der Waals surface area (Å²) in [4.78, 5) is 25.1. The number of rotatable bonds is 6. The monoisotopic (exact) mass is 380 g/mol. The number of ether oxygens (including phenoxy) is 1. The van der Waals surface area contributed by atoms with E-state index in [2.05, 4.69) is 17.6 Å². The average Bonchev–Trinajstić information content (AvgIpc) is 2.74. The number of carbonyl (C=O) groups is 2. The molecule has 2 aromatic rings. The predicted molar refractivity (Wildman–Crippen MR) is 112 cm³/mol. The average molecular weight is 380 g/mol. The SMILES string of the molecule is CCc1ccc(NC(=O)C2CCC(C(=O)Nc3ccccc3OC)CC2)cc1. The Kier molecular flexibility index (Phi) is 6.69. The van der Waals surface area contributed by atoms with Gasteiger partial charge in [-0.15, -0.1) is 0 Å². The minimum atomic E-state index is -0.0715. The van der Waals surface area contributed by atoms with E-state index in [1.165, 1.54) is 5.56 Å². The molecule has 2 aromatic carbocycles. The lowest BCUT2D eigenvalue weighted by molar-refractivity contribution is -0.125. The number of methoxy groups -OCH3 is 1. The van der Waals surface area contributed by atoms with E-state index in [1.54, 1.807) is 7.11 Å². The van der Waals surface area contributed by atoms with E-state index >= 15 is 0 Å². The van der Waals surface area contributed by atoms with Crippen LogP contribution in [0.25, 0.3) is 0 Å². The molecule has 0 heterocycles. The molecule has 5 heteroatoms. The lowest BCUT2D eigenvalue weighted by Gasteiger charge is -2.27. The fourth-order valence-electron chi connectivity index (χ4n) is 3.67. The third-order valence-electron chi connectivity index (χ3n) is 5.46. The molecule has 1 aliphatic rings. The number of hydrogen-bond donors (Lipinski definition) is 2. The lowest BCUT2D eigenvalue weighted by Crippen LogP contribution is -2.32. The zero-order valence-corrected chi connectivity index (χ0v) is 16.5. The van der Waals surface area contributed by atoms with Crippen molar-refractivity contribution < 1.29 is 14.3 Å². The molecule has 2 N–H and O–H groups in total. The summed E-state index contributed by atoms with van der Waals surface area (Å²) in [6, 6.07) is 15.4. The van der Waals surface area contributed by atoms with Crippen molar-refractivity contribution in [1.82, 2.24) is 0 Å². The summed E-state index contributed by atoms with van der Waals surface area (Å²) in [6.07, 6.45) is 3.86. The van der Waals surface area contributed by atoms with Gasteiger partial charge in [-0.2, -0.15) is 0 Å². The molecule has 0 atom stereocenters. The zero-order valence-electron chi connectivity index (χ0n) is 16.5. The maximum atomic E-state index is 12.6. The van der Waals surface area contributed by atoms with Crippen LogP contribution in [0.2, 0.25) is 0 Å². The van der Waals surface area contributed by atoms with Gasteiger partial charge in [0.2, 0.25) is 11.8 Å². The molecule has 5 nitrogen and oxygen atoms in total. The summed E-state index contributed by atoms with van der Waals surface area (Å²) in [5.74, 6) is 0.586. The van der Waals surface area contributed by atoms with Crippen LogP contribution in [-0.4, -0.2) is 18.9 Å². The molecule has 1 saturated carbocycles. The van der Waals surface area contributed by atoms with Gasteiger partial charge in [-0.25, -0.2) is 0 Å². The number of hydrogen-bond acceptors (Lipinski definition) is 3. The van der Waals surface area contributed by atoms with E-state index in [9.17, 15) is 9.59 Å². The highest BCUT2D eigenvalue weighted by Gasteiger charge is 2.30. The van der Waals surface area contributed by atoms with E-state index in [1.807, 2.05) is 48.5 Å². The summed E-state index contributed by atoms with van der Waals surface area (Å²) in [7, 11) is 1.59. The van der Waals surface area contributed by atoms with Gasteiger partial charge in [0.05, 0.1) is 12.8 Å². The number of para-hydroxylation sites is 2. The quantitative estimate of drug-likeness (QED) is 0.767. The summed E-state index contributed by atoms with van der Waals surface area (Å²) < 4.78 is 5.29. The van der Waals surface area contributed by atoms with Gasteiger partial charge in [-0.05, 0) is 61.9 Å². The minimum Gasteiger partial charge on any atom is -0.495 e. The van der Waals surface area contributed by atoms with Crippen LogP contribution in [0.5, 0.6) is 5.75 Å². The highest BCUT2D eigenvalue weighted by Crippen LogP contribution is 2.32. The lowest BCUT2D eigenvalue weighted by atomic mass is 9.81. The number of aryl methyl sites for hydroxylation is 1. The highest BCUT2D eigenvalue weighted by molar-refractivity contribution is 5.95. The van der Waals surface area contributed by atoms with Crippen molar-refractivity contribution in [2.75, 3.05) is 17.7 Å². The van der Waals surface area contributed by atoms with Gasteiger partial charge < -0.3 is 15.4 Å². The number of benzene rings is 2. The molecule has 1 fully saturated rings. The number of amides is 2. The Bertz CT molecular complexity index is 809. The van der Waals surface area contributed by atoms with Gasteiger partial charge in [-0.1, -0.05) is 31.2 Å². The third kappa shape index (κ3) is 4.91. The van der Waals surface area contributed by atoms with Gasteiger partial charge in [0.1, 0.15) is 5.75 Å². The Morgan fingerprint density at radius 3 is 2.04 bits per heavy atom. The first-order valence-corrected chi connectivity index (χ1v) is 9.94. The zero-order chi connectivity index (χ0) is 19.9. The van der Waals surface area contributed by atoms with Crippen molar-refractivity contribution in [2.24, 2.45) is 11.8 Å². The van der Waals surface area contributed by atoms with E-state index < -0.39 is 0 Å². The number of nitrogens with one attached hydrogen (secondary N) is 2. The Balaban J connectivity index is 1.50. The maximum Gasteiger partial charge on any atom is 0.227 e. The molecule has 2 amide bonds. The fraction of sp³-hybridized carbons (Fsp3) is 0.391. The van der Waals surface area contributed by atoms with Crippen molar-refractivity contribution in [3.05, 3.63) is 54.1 Å². The summed E-state index contributed by atoms with van der Waals surface area (Å²) >= 11 is 0. The molecular formula is C23H28N2O3. The molecule has 1 aliphatic carbocycles. The van der Waals surface area contributed by atoms with Gasteiger partial charge in [0.25, 0.3) is 0 Å². The second kappa shape index (κ2) is 9.40. The van der Waals surface area contributed by atoms with Crippen molar-refractivity contribution in [3.63, 3.8) is 0 Å². The first-order valence-electron chi connectivity index (χ1n) is 9.94. The standard InChI is InChI=1S/C23H28N2O3/c1-3-16-8-14-19(15-9-16)24-22(26)17-10-12-18(13-11-17)23(27)25-20-6-4-5-7-21(20)28-2/h4-9,14-15,17-18H,3,10-13H2,1-2H3,(H,24,26)(H,25,27). The normalized spacial score (nSPS) is 18.9. The molecule has 148 valence electrons. The van der Waals surface area contributed by atoms with E-state index in [0.717, 1.165) is 24.9 Å². The van der Waals surface area contributed by atoms with Crippen LogP contribution >= 0.6 is 0 Å². The fourth-order valence-corrected chi connectivity index (χ4v) is 3.67. The largest absolute Gasteiger partial charge is 0.495 e. The second-order valence-electron chi connectivity index (χ2n) is 7.28. The van der Waals surface area contributed by atoms with Crippen LogP contribution in [0.15, 0.2) is 48.5 Å². The second-order valence-corrected chi connectivity index (χ2v) is 7.28. The van der Waals surface area contributed by atoms with Gasteiger partial charge in [0.15, 0.2) is 0 Å². The van der Waals surface area contributed by atoms with E-state index in [-0.39, 0.29) is 23.7 Å². The van der Waals surface area contributed by atoms with Gasteiger partial charge in [0, 0.05) is 17.5 Å². The maximum absolute atomic E-state index is 12.6. The molecule has 0 spiro atoms. The topological polar surface area (TPSA) is 67.4 Å². The summed E-state index contributed by atoms with van der Waals surface area (Å²) in [5, 5.41) is 5.97. The van der Waals surface area contributed by atoms with Crippen molar-refractivity contribution in [1.29, 1.82) is 0 Å². The van der Waals surface area contributed by atoms with Crippen LogP contribution < -0.4 is 15.4 Å². The van der Waals surface area contributed by atoms with Crippen LogP contribution in [0.4, 0.5) is 11.4 Å². The Labute approximate surface area is 166 Å². The van der Waals surface area contributed by atoms with E-state index in [4.69, 9.17) is 4.74 Å². The molecule has 0 bridgehead atoms. The van der Waals surface area contributed by atoms with Crippen LogP contribution in [0, 0.1) is 11.8 Å². The first kappa shape index (κ1) is 19.9. The van der Waals surface area contributed by atoms with Crippen LogP contribution in [0.1, 0.15) is 38.2 Å². The first-order chi connectivity index (χ1) is 13.6. The smallest absolute Gasteiger partial charge is 0.227 e. The predicted octanol–water partition coefficient (Wildman–Crippen LogP) is 4.64. The number of carbonyl (C=O) groups excluding carboxylic acids is 2. The van der Waals surface area contributed by atoms with Crippen molar-refractivity contribution in [2.45, 2.75) is 39.0 Å².